The highest BCUT2D eigenvalue weighted by atomic mass is 16.5. The molecule has 8 fully saturated rings. The van der Waals surface area contributed by atoms with E-state index in [1.807, 2.05) is 0 Å². The van der Waals surface area contributed by atoms with Crippen molar-refractivity contribution in [1.82, 2.24) is 0 Å². The van der Waals surface area contributed by atoms with Gasteiger partial charge in [-0.3, -0.25) is 19.2 Å². The van der Waals surface area contributed by atoms with E-state index >= 15 is 0 Å². The average Bonchev–Trinajstić information content (AvgIpc) is 2.87. The summed E-state index contributed by atoms with van der Waals surface area (Å²) in [5, 5.41) is 0. The molecule has 4 spiro atoms. The summed E-state index contributed by atoms with van der Waals surface area (Å²) >= 11 is 0. The highest BCUT2D eigenvalue weighted by Gasteiger charge is 3.09. The summed E-state index contributed by atoms with van der Waals surface area (Å²) in [4.78, 5) is 58.2. The maximum Gasteiger partial charge on any atom is 0.310 e. The summed E-state index contributed by atoms with van der Waals surface area (Å²) in [6.07, 6.45) is 7.82. The molecule has 0 radical (unpaired) electrons. The van der Waals surface area contributed by atoms with E-state index in [9.17, 15) is 19.2 Å². The predicted octanol–water partition coefficient (Wildman–Crippen LogP) is 5.94. The molecule has 8 aliphatic rings. The van der Waals surface area contributed by atoms with Crippen LogP contribution in [0.1, 0.15) is 106 Å². The fraction of sp³-hybridized carbons (Fsp3) is 0.882. The SMILES string of the molecule is COC(=O)[C@@H]1[C@@]23[C@]45[C@H](C(=O)OC)[C@]2(CC[C@]14C(=O)CC1C(C)(C)CCCC15C)C(=O)CC1C(C)(C)CCC[C@@]13C. The Hall–Kier alpha value is -1.72. The Bertz CT molecular complexity index is 1170. The molecule has 220 valence electrons. The quantitative estimate of drug-likeness (QED) is 0.394. The highest BCUT2D eigenvalue weighted by Crippen LogP contribution is 3.06. The van der Waals surface area contributed by atoms with Crippen molar-refractivity contribution in [3.05, 3.63) is 0 Å². The Kier molecular flexibility index (Phi) is 4.92. The summed E-state index contributed by atoms with van der Waals surface area (Å²) in [7, 11) is 2.87. The smallest absolute Gasteiger partial charge is 0.310 e. The third kappa shape index (κ3) is 2.11. The van der Waals surface area contributed by atoms with Crippen LogP contribution in [0.4, 0.5) is 0 Å². The van der Waals surface area contributed by atoms with E-state index < -0.39 is 33.5 Å². The first-order valence-corrected chi connectivity index (χ1v) is 15.8. The van der Waals surface area contributed by atoms with Crippen LogP contribution in [-0.2, 0) is 28.7 Å². The number of Topliss-reactive ketones (excluding diaryl/α,β-unsaturated/α-hetero) is 2. The molecule has 0 aliphatic heterocycles. The number of methoxy groups -OCH3 is 2. The molecule has 0 aromatic rings. The maximum absolute atomic E-state index is 14.9. The minimum absolute atomic E-state index is 0.0793. The van der Waals surface area contributed by atoms with Gasteiger partial charge in [-0.15, -0.1) is 0 Å². The van der Waals surface area contributed by atoms with Gasteiger partial charge in [-0.25, -0.2) is 0 Å². The summed E-state index contributed by atoms with van der Waals surface area (Å²) < 4.78 is 11.2. The second-order valence-corrected chi connectivity index (χ2v) is 16.9. The lowest BCUT2D eigenvalue weighted by Gasteiger charge is -3.01. The molecule has 8 rings (SSSR count). The van der Waals surface area contributed by atoms with Gasteiger partial charge in [0.1, 0.15) is 11.6 Å². The Morgan fingerprint density at radius 2 is 0.950 bits per heavy atom. The molecule has 3 unspecified atom stereocenters. The third-order valence-corrected chi connectivity index (χ3v) is 15.7. The Labute approximate surface area is 239 Å². The van der Waals surface area contributed by atoms with Crippen molar-refractivity contribution in [2.24, 2.45) is 67.0 Å². The largest absolute Gasteiger partial charge is 0.469 e. The number of carbonyl (C=O) groups is 4. The van der Waals surface area contributed by atoms with Crippen LogP contribution >= 0.6 is 0 Å². The molecule has 6 heteroatoms. The molecule has 6 nitrogen and oxygen atoms in total. The van der Waals surface area contributed by atoms with Crippen LogP contribution in [0.5, 0.6) is 0 Å². The molecule has 0 heterocycles. The van der Waals surface area contributed by atoms with Crippen LogP contribution < -0.4 is 0 Å². The predicted molar refractivity (Wildman–Crippen MR) is 148 cm³/mol. The molecule has 0 amide bonds. The van der Waals surface area contributed by atoms with Crippen molar-refractivity contribution in [2.45, 2.75) is 106 Å². The number of rotatable bonds is 2. The fourth-order valence-corrected chi connectivity index (χ4v) is 15.3. The monoisotopic (exact) mass is 552 g/mol. The first-order valence-electron chi connectivity index (χ1n) is 15.8. The summed E-state index contributed by atoms with van der Waals surface area (Å²) in [5.41, 5.74) is -4.44. The standard InChI is InChI=1S/C34H48O6/c1-27(2)11-9-13-29(5)19(27)17-21(35)31-15-16-32-22(36)18-20-28(3,4)12-10-14-30(20,6)34(32,24(31)26(38)40-8)33(29,31)23(32)25(37)39-7/h19-20,23-24H,9-18H2,1-8H3/t19?,20?,23-,24+,29-,30?,31-,32-,33-,34-/m0/s1. The molecule has 0 aromatic carbocycles. The molecule has 0 aromatic heterocycles. The number of ether oxygens (including phenoxy) is 2. The molecule has 8 aliphatic carbocycles. The van der Waals surface area contributed by atoms with E-state index in [2.05, 4.69) is 41.5 Å². The van der Waals surface area contributed by atoms with Crippen LogP contribution in [0, 0.1) is 67.0 Å². The number of carbonyl (C=O) groups excluding carboxylic acids is 4. The molecule has 4 bridgehead atoms. The molecule has 8 saturated carbocycles. The average molecular weight is 553 g/mol. The van der Waals surface area contributed by atoms with Gasteiger partial charge in [0.05, 0.1) is 36.9 Å². The van der Waals surface area contributed by atoms with Gasteiger partial charge < -0.3 is 9.47 Å². The van der Waals surface area contributed by atoms with Gasteiger partial charge >= 0.3 is 11.9 Å². The van der Waals surface area contributed by atoms with Crippen molar-refractivity contribution in [2.75, 3.05) is 14.2 Å². The topological polar surface area (TPSA) is 86.7 Å². The van der Waals surface area contributed by atoms with E-state index in [1.165, 1.54) is 14.2 Å². The van der Waals surface area contributed by atoms with Crippen LogP contribution in [0.2, 0.25) is 0 Å². The lowest BCUT2D eigenvalue weighted by molar-refractivity contribution is -0.534. The van der Waals surface area contributed by atoms with Crippen LogP contribution in [0.15, 0.2) is 0 Å². The lowest BCUT2D eigenvalue weighted by Crippen LogP contribution is -3.05. The van der Waals surface area contributed by atoms with E-state index in [0.29, 0.717) is 25.7 Å². The fourth-order valence-electron chi connectivity index (χ4n) is 15.3. The Morgan fingerprint density at radius 1 is 0.600 bits per heavy atom. The van der Waals surface area contributed by atoms with E-state index in [0.717, 1.165) is 38.5 Å². The van der Waals surface area contributed by atoms with Crippen molar-refractivity contribution in [3.8, 4) is 0 Å². The van der Waals surface area contributed by atoms with Gasteiger partial charge in [0.2, 0.25) is 0 Å². The van der Waals surface area contributed by atoms with Gasteiger partial charge in [-0.05, 0) is 72.0 Å². The van der Waals surface area contributed by atoms with Crippen molar-refractivity contribution in [1.29, 1.82) is 0 Å². The number of hydrogen-bond donors (Lipinski definition) is 0. The third-order valence-electron chi connectivity index (χ3n) is 15.7. The first-order chi connectivity index (χ1) is 18.6. The number of hydrogen-bond acceptors (Lipinski definition) is 6. The van der Waals surface area contributed by atoms with E-state index in [1.54, 1.807) is 0 Å². The molecular formula is C34H48O6. The second kappa shape index (κ2) is 7.25. The van der Waals surface area contributed by atoms with Gasteiger partial charge in [-0.1, -0.05) is 54.4 Å². The van der Waals surface area contributed by atoms with E-state index in [-0.39, 0.29) is 57.0 Å². The van der Waals surface area contributed by atoms with Crippen LogP contribution in [0.3, 0.4) is 0 Å². The number of esters is 2. The Morgan fingerprint density at radius 3 is 1.27 bits per heavy atom. The second-order valence-electron chi connectivity index (χ2n) is 16.9. The van der Waals surface area contributed by atoms with Gasteiger partial charge in [0.25, 0.3) is 0 Å². The number of fused-ring (bicyclic) bond motifs is 3. The van der Waals surface area contributed by atoms with Crippen molar-refractivity contribution in [3.63, 3.8) is 0 Å². The van der Waals surface area contributed by atoms with Crippen molar-refractivity contribution < 1.29 is 28.7 Å². The first kappa shape index (κ1) is 27.1. The highest BCUT2D eigenvalue weighted by molar-refractivity contribution is 6.06. The molecule has 0 N–H and O–H groups in total. The minimum Gasteiger partial charge on any atom is -0.469 e. The van der Waals surface area contributed by atoms with Crippen molar-refractivity contribution >= 4 is 23.5 Å². The summed E-state index contributed by atoms with van der Waals surface area (Å²) in [6, 6.07) is 0. The summed E-state index contributed by atoms with van der Waals surface area (Å²) in [6.45, 7) is 13.9. The van der Waals surface area contributed by atoms with Gasteiger partial charge in [-0.2, -0.15) is 0 Å². The molecular weight excluding hydrogens is 504 g/mol. The Balaban J connectivity index is 1.64. The normalized spacial score (nSPS) is 54.3. The lowest BCUT2D eigenvalue weighted by atomic mass is 8.98. The molecule has 10 atom stereocenters. The maximum atomic E-state index is 14.9. The zero-order valence-electron chi connectivity index (χ0n) is 25.8. The van der Waals surface area contributed by atoms with Gasteiger partial charge in [0, 0.05) is 23.7 Å². The minimum atomic E-state index is -0.980. The number of ketones is 2. The van der Waals surface area contributed by atoms with E-state index in [4.69, 9.17) is 9.47 Å². The van der Waals surface area contributed by atoms with Crippen LogP contribution in [0.25, 0.3) is 0 Å². The van der Waals surface area contributed by atoms with Gasteiger partial charge in [0.15, 0.2) is 0 Å². The zero-order chi connectivity index (χ0) is 29.1. The van der Waals surface area contributed by atoms with Crippen LogP contribution in [-0.4, -0.2) is 37.7 Å². The zero-order valence-corrected chi connectivity index (χ0v) is 25.8. The molecule has 0 saturated heterocycles. The molecule has 40 heavy (non-hydrogen) atoms. The summed E-state index contributed by atoms with van der Waals surface area (Å²) in [5.74, 6) is -1.59.